The third-order valence-corrected chi connectivity index (χ3v) is 5.35. The molecule has 0 unspecified atom stereocenters. The lowest BCUT2D eigenvalue weighted by atomic mass is 10.2. The van der Waals surface area contributed by atoms with E-state index in [0.29, 0.717) is 29.8 Å². The average Bonchev–Trinajstić information content (AvgIpc) is 3.04. The highest BCUT2D eigenvalue weighted by atomic mass is 32.2. The van der Waals surface area contributed by atoms with E-state index in [2.05, 4.69) is 15.5 Å². The van der Waals surface area contributed by atoms with Gasteiger partial charge in [0, 0.05) is 29.6 Å². The Balaban J connectivity index is 2.27. The van der Waals surface area contributed by atoms with Crippen LogP contribution in [0.1, 0.15) is 12.1 Å². The molecule has 0 spiro atoms. The van der Waals surface area contributed by atoms with Crippen molar-refractivity contribution in [3.8, 4) is 5.75 Å². The molecule has 106 valence electrons. The van der Waals surface area contributed by atoms with E-state index in [1.807, 2.05) is 6.07 Å². The van der Waals surface area contributed by atoms with Crippen LogP contribution in [0.3, 0.4) is 0 Å². The second kappa shape index (κ2) is 4.52. The van der Waals surface area contributed by atoms with Gasteiger partial charge in [0.15, 0.2) is 5.04 Å². The smallest absolute Gasteiger partial charge is 0.224 e. The molecule has 2 aromatic rings. The molecule has 0 fully saturated rings. The van der Waals surface area contributed by atoms with Crippen molar-refractivity contribution in [2.24, 2.45) is 5.10 Å². The Morgan fingerprint density at radius 2 is 2.15 bits per heavy atom. The summed E-state index contributed by atoms with van der Waals surface area (Å²) in [6.07, 6.45) is 0.415. The summed E-state index contributed by atoms with van der Waals surface area (Å²) >= 11 is 0. The lowest BCUT2D eigenvalue weighted by molar-refractivity contribution is 0.415. The van der Waals surface area contributed by atoms with E-state index in [0.717, 1.165) is 5.52 Å². The molecule has 7 heteroatoms. The van der Waals surface area contributed by atoms with Crippen molar-refractivity contribution in [2.75, 3.05) is 13.7 Å². The SMILES string of the molecule is COc1ccc2[nH]c(C)c(S(=O)(=O)C3=NNCC3)c2c1. The highest BCUT2D eigenvalue weighted by molar-refractivity contribution is 8.06. The molecule has 0 saturated carbocycles. The Morgan fingerprint density at radius 3 is 2.80 bits per heavy atom. The van der Waals surface area contributed by atoms with Crippen LogP contribution in [0, 0.1) is 6.92 Å². The van der Waals surface area contributed by atoms with Gasteiger partial charge in [-0.25, -0.2) is 8.42 Å². The summed E-state index contributed by atoms with van der Waals surface area (Å²) in [5.74, 6) is 0.624. The van der Waals surface area contributed by atoms with E-state index in [-0.39, 0.29) is 9.94 Å². The molecule has 0 amide bonds. The number of aromatic amines is 1. The summed E-state index contributed by atoms with van der Waals surface area (Å²) < 4.78 is 30.6. The lowest BCUT2D eigenvalue weighted by Crippen LogP contribution is -2.14. The van der Waals surface area contributed by atoms with Crippen LogP contribution in [0.15, 0.2) is 28.2 Å². The summed E-state index contributed by atoms with van der Waals surface area (Å²) in [4.78, 5) is 3.38. The van der Waals surface area contributed by atoms with Crippen LogP contribution < -0.4 is 10.2 Å². The average molecular weight is 293 g/mol. The largest absolute Gasteiger partial charge is 0.497 e. The zero-order valence-corrected chi connectivity index (χ0v) is 12.0. The molecule has 2 heterocycles. The van der Waals surface area contributed by atoms with Gasteiger partial charge in [-0.05, 0) is 25.1 Å². The number of nitrogens with one attached hydrogen (secondary N) is 2. The summed E-state index contributed by atoms with van der Waals surface area (Å²) in [7, 11) is -2.02. The third-order valence-electron chi connectivity index (χ3n) is 3.37. The second-order valence-electron chi connectivity index (χ2n) is 4.66. The number of ether oxygens (including phenoxy) is 1. The van der Waals surface area contributed by atoms with Crippen molar-refractivity contribution >= 4 is 25.8 Å². The molecule has 1 aliphatic rings. The van der Waals surface area contributed by atoms with Crippen LogP contribution in [0.2, 0.25) is 0 Å². The van der Waals surface area contributed by atoms with Gasteiger partial charge in [-0.2, -0.15) is 5.10 Å². The first-order valence-corrected chi connectivity index (χ1v) is 7.73. The molecule has 0 atom stereocenters. The third kappa shape index (κ3) is 1.85. The fourth-order valence-corrected chi connectivity index (χ4v) is 4.13. The van der Waals surface area contributed by atoms with Gasteiger partial charge >= 0.3 is 0 Å². The predicted molar refractivity (Wildman–Crippen MR) is 76.8 cm³/mol. The Hall–Kier alpha value is -2.02. The minimum atomic E-state index is -3.58. The first kappa shape index (κ1) is 13.0. The Morgan fingerprint density at radius 1 is 1.35 bits per heavy atom. The van der Waals surface area contributed by atoms with Crippen LogP contribution in [0.25, 0.3) is 10.9 Å². The monoisotopic (exact) mass is 293 g/mol. The van der Waals surface area contributed by atoms with Crippen molar-refractivity contribution < 1.29 is 13.2 Å². The molecule has 20 heavy (non-hydrogen) atoms. The zero-order valence-electron chi connectivity index (χ0n) is 11.2. The van der Waals surface area contributed by atoms with E-state index in [4.69, 9.17) is 4.74 Å². The number of aromatic nitrogens is 1. The number of methoxy groups -OCH3 is 1. The normalized spacial score (nSPS) is 15.2. The van der Waals surface area contributed by atoms with E-state index in [1.54, 1.807) is 26.2 Å². The molecule has 0 bridgehead atoms. The maximum absolute atomic E-state index is 12.7. The number of hydrogen-bond donors (Lipinski definition) is 2. The predicted octanol–water partition coefficient (Wildman–Crippen LogP) is 1.57. The van der Waals surface area contributed by atoms with Gasteiger partial charge in [0.2, 0.25) is 9.84 Å². The topological polar surface area (TPSA) is 83.6 Å². The molecule has 0 radical (unpaired) electrons. The fraction of sp³-hybridized carbons (Fsp3) is 0.308. The van der Waals surface area contributed by atoms with Crippen molar-refractivity contribution in [3.05, 3.63) is 23.9 Å². The maximum Gasteiger partial charge on any atom is 0.224 e. The quantitative estimate of drug-likeness (QED) is 0.880. The summed E-state index contributed by atoms with van der Waals surface area (Å²) in [6, 6.07) is 5.34. The molecule has 1 aromatic heterocycles. The molecule has 0 saturated heterocycles. The van der Waals surface area contributed by atoms with Gasteiger partial charge in [-0.1, -0.05) is 0 Å². The van der Waals surface area contributed by atoms with E-state index in [9.17, 15) is 8.42 Å². The fourth-order valence-electron chi connectivity index (χ4n) is 2.43. The van der Waals surface area contributed by atoms with Gasteiger partial charge in [0.05, 0.1) is 7.11 Å². The van der Waals surface area contributed by atoms with E-state index < -0.39 is 9.84 Å². The van der Waals surface area contributed by atoms with Gasteiger partial charge in [0.25, 0.3) is 0 Å². The number of sulfone groups is 1. The number of rotatable bonds is 2. The summed E-state index contributed by atoms with van der Waals surface area (Å²) in [6.45, 7) is 2.31. The molecule has 1 aromatic carbocycles. The molecular weight excluding hydrogens is 278 g/mol. The van der Waals surface area contributed by atoms with Gasteiger partial charge < -0.3 is 15.1 Å². The van der Waals surface area contributed by atoms with Crippen molar-refractivity contribution in [1.29, 1.82) is 0 Å². The number of H-pyrrole nitrogens is 1. The van der Waals surface area contributed by atoms with Gasteiger partial charge in [-0.3, -0.25) is 0 Å². The zero-order chi connectivity index (χ0) is 14.3. The number of nitrogens with zero attached hydrogens (tertiary/aromatic N) is 1. The van der Waals surface area contributed by atoms with Crippen LogP contribution in [0.4, 0.5) is 0 Å². The van der Waals surface area contributed by atoms with Gasteiger partial charge in [-0.15, -0.1) is 0 Å². The highest BCUT2D eigenvalue weighted by Crippen LogP contribution is 2.31. The van der Waals surface area contributed by atoms with Crippen molar-refractivity contribution in [1.82, 2.24) is 10.4 Å². The summed E-state index contributed by atoms with van der Waals surface area (Å²) in [5, 5.41) is 4.71. The number of hydrazone groups is 1. The van der Waals surface area contributed by atoms with E-state index in [1.165, 1.54) is 0 Å². The standard InChI is InChI=1S/C13H15N3O3S/c1-8-13(20(17,18)12-5-6-14-16-12)10-7-9(19-2)3-4-11(10)15-8/h3-4,7,14-15H,5-6H2,1-2H3. The molecule has 1 aliphatic heterocycles. The van der Waals surface area contributed by atoms with Crippen LogP contribution in [-0.4, -0.2) is 32.1 Å². The maximum atomic E-state index is 12.7. The Kier molecular flexibility index (Phi) is 2.93. The first-order chi connectivity index (χ1) is 9.54. The minimum Gasteiger partial charge on any atom is -0.497 e. The molecular formula is C13H15N3O3S. The first-order valence-electron chi connectivity index (χ1n) is 6.25. The van der Waals surface area contributed by atoms with Gasteiger partial charge in [0.1, 0.15) is 10.6 Å². The molecule has 2 N–H and O–H groups in total. The Bertz CT molecular complexity index is 806. The number of benzene rings is 1. The molecule has 3 rings (SSSR count). The number of fused-ring (bicyclic) bond motifs is 1. The number of aryl methyl sites for hydroxylation is 1. The van der Waals surface area contributed by atoms with E-state index >= 15 is 0 Å². The Labute approximate surface area is 116 Å². The van der Waals surface area contributed by atoms with Crippen LogP contribution >= 0.6 is 0 Å². The molecule has 0 aliphatic carbocycles. The van der Waals surface area contributed by atoms with Crippen LogP contribution in [0.5, 0.6) is 5.75 Å². The highest BCUT2D eigenvalue weighted by Gasteiger charge is 2.30. The second-order valence-corrected chi connectivity index (χ2v) is 6.54. The van der Waals surface area contributed by atoms with Crippen LogP contribution in [-0.2, 0) is 9.84 Å². The summed E-state index contributed by atoms with van der Waals surface area (Å²) in [5.41, 5.74) is 4.09. The molecule has 6 nitrogen and oxygen atoms in total. The number of hydrogen-bond acceptors (Lipinski definition) is 5. The van der Waals surface area contributed by atoms with Crippen molar-refractivity contribution in [2.45, 2.75) is 18.2 Å². The lowest BCUT2D eigenvalue weighted by Gasteiger charge is -2.04. The van der Waals surface area contributed by atoms with Crippen molar-refractivity contribution in [3.63, 3.8) is 0 Å². The minimum absolute atomic E-state index is 0.185.